The number of aryl methyl sites for hydroxylation is 1. The van der Waals surface area contributed by atoms with Crippen LogP contribution >= 0.6 is 0 Å². The van der Waals surface area contributed by atoms with E-state index in [-0.39, 0.29) is 0 Å². The Balaban J connectivity index is 3.20. The van der Waals surface area contributed by atoms with Crippen LogP contribution in [-0.2, 0) is 12.8 Å². The van der Waals surface area contributed by atoms with E-state index in [9.17, 15) is 0 Å². The van der Waals surface area contributed by atoms with E-state index in [1.807, 2.05) is 13.0 Å². The molecule has 1 radical (unpaired) electrons. The number of hydrogen-bond donors (Lipinski definition) is 0. The highest BCUT2D eigenvalue weighted by Gasteiger charge is 2.09. The van der Waals surface area contributed by atoms with Crippen LogP contribution in [-0.4, -0.2) is 6.61 Å². The monoisotopic (exact) mass is 191 g/mol. The van der Waals surface area contributed by atoms with Crippen molar-refractivity contribution in [2.75, 3.05) is 6.61 Å². The SMILES string of the molecule is [CH2]c1ccc(CC)c(CC)c1OCC. The first kappa shape index (κ1) is 11.1. The molecule has 0 bridgehead atoms. The molecule has 0 atom stereocenters. The molecule has 0 aromatic heterocycles. The van der Waals surface area contributed by atoms with Crippen LogP contribution in [0.3, 0.4) is 0 Å². The van der Waals surface area contributed by atoms with Crippen LogP contribution in [0.4, 0.5) is 0 Å². The molecule has 0 N–H and O–H groups in total. The standard InChI is InChI=1S/C13H19O/c1-5-11-9-8-10(4)13(14-7-3)12(11)6-2/h8-9H,4-7H2,1-3H3. The number of ether oxygens (including phenoxy) is 1. The Labute approximate surface area is 87.1 Å². The van der Waals surface area contributed by atoms with Gasteiger partial charge >= 0.3 is 0 Å². The number of benzene rings is 1. The Morgan fingerprint density at radius 1 is 1.14 bits per heavy atom. The average molecular weight is 191 g/mol. The molecular weight excluding hydrogens is 172 g/mol. The summed E-state index contributed by atoms with van der Waals surface area (Å²) in [5, 5.41) is 0. The van der Waals surface area contributed by atoms with Crippen LogP contribution < -0.4 is 4.74 Å². The van der Waals surface area contributed by atoms with Crippen molar-refractivity contribution in [3.05, 3.63) is 35.7 Å². The fourth-order valence-corrected chi connectivity index (χ4v) is 1.76. The minimum atomic E-state index is 0.711. The van der Waals surface area contributed by atoms with Gasteiger partial charge in [0.25, 0.3) is 0 Å². The summed E-state index contributed by atoms with van der Waals surface area (Å²) in [7, 11) is 0. The molecule has 1 aromatic carbocycles. The molecule has 1 rings (SSSR count). The minimum Gasteiger partial charge on any atom is -0.493 e. The third kappa shape index (κ3) is 2.09. The van der Waals surface area contributed by atoms with Crippen LogP contribution in [0.1, 0.15) is 37.5 Å². The predicted octanol–water partition coefficient (Wildman–Crippen LogP) is 3.39. The van der Waals surface area contributed by atoms with Crippen molar-refractivity contribution in [3.8, 4) is 5.75 Å². The van der Waals surface area contributed by atoms with Gasteiger partial charge in [0, 0.05) is 0 Å². The highest BCUT2D eigenvalue weighted by atomic mass is 16.5. The van der Waals surface area contributed by atoms with Crippen molar-refractivity contribution in [2.24, 2.45) is 0 Å². The van der Waals surface area contributed by atoms with Crippen LogP contribution in [0.5, 0.6) is 5.75 Å². The molecule has 1 nitrogen and oxygen atoms in total. The summed E-state index contributed by atoms with van der Waals surface area (Å²) in [5.74, 6) is 0.995. The van der Waals surface area contributed by atoms with E-state index < -0.39 is 0 Å². The highest BCUT2D eigenvalue weighted by Crippen LogP contribution is 2.27. The maximum atomic E-state index is 5.64. The largest absolute Gasteiger partial charge is 0.493 e. The summed E-state index contributed by atoms with van der Waals surface area (Å²) in [5.41, 5.74) is 3.70. The van der Waals surface area contributed by atoms with E-state index in [2.05, 4.69) is 26.8 Å². The Bertz CT molecular complexity index is 302. The molecule has 77 valence electrons. The first-order chi connectivity index (χ1) is 6.74. The third-order valence-corrected chi connectivity index (χ3v) is 2.46. The highest BCUT2D eigenvalue weighted by molar-refractivity contribution is 5.48. The summed E-state index contributed by atoms with van der Waals surface area (Å²) in [6.45, 7) is 11.1. The summed E-state index contributed by atoms with van der Waals surface area (Å²) in [6.07, 6.45) is 2.07. The molecule has 0 unspecified atom stereocenters. The van der Waals surface area contributed by atoms with Gasteiger partial charge in [-0.2, -0.15) is 0 Å². The predicted molar refractivity (Wildman–Crippen MR) is 60.8 cm³/mol. The average Bonchev–Trinajstić information content (AvgIpc) is 2.21. The van der Waals surface area contributed by atoms with Gasteiger partial charge in [0.2, 0.25) is 0 Å². The van der Waals surface area contributed by atoms with E-state index in [0.717, 1.165) is 24.2 Å². The van der Waals surface area contributed by atoms with Crippen LogP contribution in [0.2, 0.25) is 0 Å². The first-order valence-electron chi connectivity index (χ1n) is 5.34. The van der Waals surface area contributed by atoms with E-state index in [1.54, 1.807) is 0 Å². The van der Waals surface area contributed by atoms with Crippen LogP contribution in [0, 0.1) is 6.92 Å². The van der Waals surface area contributed by atoms with Crippen molar-refractivity contribution < 1.29 is 4.74 Å². The van der Waals surface area contributed by atoms with E-state index >= 15 is 0 Å². The lowest BCUT2D eigenvalue weighted by atomic mass is 9.99. The van der Waals surface area contributed by atoms with Gasteiger partial charge in [-0.15, -0.1) is 0 Å². The lowest BCUT2D eigenvalue weighted by Gasteiger charge is -2.15. The smallest absolute Gasteiger partial charge is 0.125 e. The molecule has 0 saturated carbocycles. The molecule has 0 heterocycles. The van der Waals surface area contributed by atoms with Crippen molar-refractivity contribution >= 4 is 0 Å². The Morgan fingerprint density at radius 2 is 1.86 bits per heavy atom. The number of hydrogen-bond acceptors (Lipinski definition) is 1. The molecule has 0 aliphatic heterocycles. The lowest BCUT2D eigenvalue weighted by molar-refractivity contribution is 0.335. The second-order valence-electron chi connectivity index (χ2n) is 3.33. The Hall–Kier alpha value is -0.980. The second-order valence-corrected chi connectivity index (χ2v) is 3.33. The van der Waals surface area contributed by atoms with Gasteiger partial charge in [0.15, 0.2) is 0 Å². The molecule has 0 aliphatic rings. The molecule has 0 saturated heterocycles. The topological polar surface area (TPSA) is 9.23 Å². The maximum Gasteiger partial charge on any atom is 0.125 e. The first-order valence-corrected chi connectivity index (χ1v) is 5.34. The molecule has 0 fully saturated rings. The van der Waals surface area contributed by atoms with E-state index in [1.165, 1.54) is 11.1 Å². The molecule has 1 aromatic rings. The Kier molecular flexibility index (Phi) is 3.99. The summed E-state index contributed by atoms with van der Waals surface area (Å²) in [4.78, 5) is 0. The molecule has 1 heteroatoms. The summed E-state index contributed by atoms with van der Waals surface area (Å²) in [6, 6.07) is 4.20. The molecule has 14 heavy (non-hydrogen) atoms. The fraction of sp³-hybridized carbons (Fsp3) is 0.462. The van der Waals surface area contributed by atoms with Crippen molar-refractivity contribution in [1.82, 2.24) is 0 Å². The molecule has 0 amide bonds. The van der Waals surface area contributed by atoms with Crippen molar-refractivity contribution in [2.45, 2.75) is 33.6 Å². The molecule has 0 spiro atoms. The summed E-state index contributed by atoms with van der Waals surface area (Å²) < 4.78 is 5.64. The van der Waals surface area contributed by atoms with Crippen LogP contribution in [0.15, 0.2) is 12.1 Å². The van der Waals surface area contributed by atoms with Crippen molar-refractivity contribution in [1.29, 1.82) is 0 Å². The summed E-state index contributed by atoms with van der Waals surface area (Å²) >= 11 is 0. The zero-order chi connectivity index (χ0) is 10.6. The van der Waals surface area contributed by atoms with Crippen molar-refractivity contribution in [3.63, 3.8) is 0 Å². The van der Waals surface area contributed by atoms with Gasteiger partial charge in [-0.05, 0) is 43.4 Å². The molecule has 0 aliphatic carbocycles. The normalized spacial score (nSPS) is 10.3. The van der Waals surface area contributed by atoms with Gasteiger partial charge in [0.05, 0.1) is 6.61 Å². The van der Waals surface area contributed by atoms with Gasteiger partial charge in [-0.3, -0.25) is 0 Å². The quantitative estimate of drug-likeness (QED) is 0.708. The zero-order valence-electron chi connectivity index (χ0n) is 9.39. The van der Waals surface area contributed by atoms with Gasteiger partial charge in [-0.1, -0.05) is 26.0 Å². The van der Waals surface area contributed by atoms with Gasteiger partial charge < -0.3 is 4.74 Å². The fourth-order valence-electron chi connectivity index (χ4n) is 1.76. The van der Waals surface area contributed by atoms with Gasteiger partial charge in [0.1, 0.15) is 5.75 Å². The zero-order valence-corrected chi connectivity index (χ0v) is 9.39. The third-order valence-electron chi connectivity index (χ3n) is 2.46. The second kappa shape index (κ2) is 5.04. The van der Waals surface area contributed by atoms with Gasteiger partial charge in [-0.25, -0.2) is 0 Å². The minimum absolute atomic E-state index is 0.711. The van der Waals surface area contributed by atoms with Crippen LogP contribution in [0.25, 0.3) is 0 Å². The van der Waals surface area contributed by atoms with E-state index in [0.29, 0.717) is 6.61 Å². The maximum absolute atomic E-state index is 5.64. The Morgan fingerprint density at radius 3 is 2.36 bits per heavy atom. The number of rotatable bonds is 4. The molecular formula is C13H19O. The van der Waals surface area contributed by atoms with E-state index in [4.69, 9.17) is 4.74 Å². The lowest BCUT2D eigenvalue weighted by Crippen LogP contribution is -2.01.